The molecule has 0 aliphatic heterocycles. The zero-order valence-corrected chi connectivity index (χ0v) is 36.9. The SMILES string of the molecule is CCOC(CCCC(C)CC(C)CC(C)CC(C)CC(C)CC(C)O)OC(CCCC(C)CC(C)CC(C)CC(C)CC(C)CC(C)O)OCC. The summed E-state index contributed by atoms with van der Waals surface area (Å²) < 4.78 is 18.6. The van der Waals surface area contributed by atoms with E-state index in [0.717, 1.165) is 74.0 Å². The van der Waals surface area contributed by atoms with E-state index >= 15 is 0 Å². The van der Waals surface area contributed by atoms with Crippen LogP contribution >= 0.6 is 0 Å². The Bertz CT molecular complexity index is 711. The zero-order valence-electron chi connectivity index (χ0n) is 36.9. The van der Waals surface area contributed by atoms with Crippen LogP contribution in [0, 0.1) is 59.2 Å². The monoisotopic (exact) mass is 727 g/mol. The molecule has 308 valence electrons. The first kappa shape index (κ1) is 50.8. The van der Waals surface area contributed by atoms with Gasteiger partial charge in [-0.25, -0.2) is 0 Å². The Labute approximate surface area is 320 Å². The molecule has 0 radical (unpaired) electrons. The fourth-order valence-corrected chi connectivity index (χ4v) is 9.85. The Morgan fingerprint density at radius 3 is 0.804 bits per heavy atom. The Morgan fingerprint density at radius 1 is 0.333 bits per heavy atom. The molecule has 14 unspecified atom stereocenters. The van der Waals surface area contributed by atoms with E-state index in [0.29, 0.717) is 36.9 Å². The minimum absolute atomic E-state index is 0.187. The largest absolute Gasteiger partial charge is 0.393 e. The van der Waals surface area contributed by atoms with Crippen molar-refractivity contribution in [2.24, 2.45) is 59.2 Å². The molecule has 0 aromatic rings. The summed E-state index contributed by atoms with van der Waals surface area (Å²) in [6, 6.07) is 0. The molecule has 0 aromatic heterocycles. The highest BCUT2D eigenvalue weighted by Gasteiger charge is 2.21. The maximum Gasteiger partial charge on any atom is 0.160 e. The van der Waals surface area contributed by atoms with Gasteiger partial charge in [0.15, 0.2) is 12.6 Å². The molecule has 2 N–H and O–H groups in total. The third-order valence-electron chi connectivity index (χ3n) is 11.2. The van der Waals surface area contributed by atoms with E-state index in [4.69, 9.17) is 14.2 Å². The molecular weight excluding hydrogens is 633 g/mol. The van der Waals surface area contributed by atoms with Gasteiger partial charge >= 0.3 is 0 Å². The number of ether oxygens (including phenoxy) is 3. The van der Waals surface area contributed by atoms with E-state index in [9.17, 15) is 10.2 Å². The highest BCUT2D eigenvalue weighted by Crippen LogP contribution is 2.31. The van der Waals surface area contributed by atoms with Crippen molar-refractivity contribution in [3.8, 4) is 0 Å². The van der Waals surface area contributed by atoms with Crippen LogP contribution in [0.5, 0.6) is 0 Å². The number of aliphatic hydroxyl groups excluding tert-OH is 2. The summed E-state index contributed by atoms with van der Waals surface area (Å²) >= 11 is 0. The number of rotatable bonds is 34. The highest BCUT2D eigenvalue weighted by molar-refractivity contribution is 4.71. The smallest absolute Gasteiger partial charge is 0.160 e. The molecule has 0 saturated heterocycles. The van der Waals surface area contributed by atoms with Crippen molar-refractivity contribution in [3.63, 3.8) is 0 Å². The maximum absolute atomic E-state index is 9.71. The Morgan fingerprint density at radius 2 is 0.569 bits per heavy atom. The molecule has 5 nitrogen and oxygen atoms in total. The fraction of sp³-hybridized carbons (Fsp3) is 1.00. The Hall–Kier alpha value is -0.200. The lowest BCUT2D eigenvalue weighted by Crippen LogP contribution is -2.27. The summed E-state index contributed by atoms with van der Waals surface area (Å²) in [6.45, 7) is 33.2. The van der Waals surface area contributed by atoms with E-state index in [-0.39, 0.29) is 24.8 Å². The molecule has 0 amide bonds. The lowest BCUT2D eigenvalue weighted by atomic mass is 9.82. The van der Waals surface area contributed by atoms with Gasteiger partial charge < -0.3 is 24.4 Å². The quantitative estimate of drug-likeness (QED) is 0.0646. The lowest BCUT2D eigenvalue weighted by Gasteiger charge is -2.26. The van der Waals surface area contributed by atoms with E-state index in [1.165, 1.54) is 64.2 Å². The van der Waals surface area contributed by atoms with Gasteiger partial charge in [-0.2, -0.15) is 0 Å². The van der Waals surface area contributed by atoms with Crippen LogP contribution in [-0.2, 0) is 14.2 Å². The maximum atomic E-state index is 9.71. The third-order valence-corrected chi connectivity index (χ3v) is 11.2. The Balaban J connectivity index is 4.53. The molecular formula is C46H94O5. The zero-order chi connectivity index (χ0) is 38.9. The van der Waals surface area contributed by atoms with Crippen molar-refractivity contribution in [2.75, 3.05) is 13.2 Å². The van der Waals surface area contributed by atoms with Crippen molar-refractivity contribution >= 4 is 0 Å². The summed E-state index contributed by atoms with van der Waals surface area (Å²) in [4.78, 5) is 0. The summed E-state index contributed by atoms with van der Waals surface area (Å²) in [6.07, 6.45) is 17.8. The average Bonchev–Trinajstić information content (AvgIpc) is 2.95. The van der Waals surface area contributed by atoms with Crippen LogP contribution in [0.1, 0.15) is 200 Å². The van der Waals surface area contributed by atoms with E-state index in [1.807, 2.05) is 13.8 Å². The van der Waals surface area contributed by atoms with Gasteiger partial charge in [0.05, 0.1) is 12.2 Å². The summed E-state index contributed by atoms with van der Waals surface area (Å²) in [7, 11) is 0. The fourth-order valence-electron chi connectivity index (χ4n) is 9.85. The molecule has 0 aliphatic rings. The van der Waals surface area contributed by atoms with Gasteiger partial charge in [-0.3, -0.25) is 0 Å². The van der Waals surface area contributed by atoms with Gasteiger partial charge in [0.25, 0.3) is 0 Å². The van der Waals surface area contributed by atoms with Crippen LogP contribution in [0.25, 0.3) is 0 Å². The van der Waals surface area contributed by atoms with Gasteiger partial charge in [0.1, 0.15) is 0 Å². The molecule has 14 atom stereocenters. The van der Waals surface area contributed by atoms with Crippen molar-refractivity contribution in [2.45, 2.75) is 224 Å². The number of hydrogen-bond donors (Lipinski definition) is 2. The van der Waals surface area contributed by atoms with Crippen LogP contribution in [-0.4, -0.2) is 48.2 Å². The van der Waals surface area contributed by atoms with Gasteiger partial charge in [0, 0.05) is 13.2 Å². The molecule has 0 fully saturated rings. The van der Waals surface area contributed by atoms with E-state index in [1.54, 1.807) is 0 Å². The van der Waals surface area contributed by atoms with Crippen LogP contribution in [0.4, 0.5) is 0 Å². The second-order valence-electron chi connectivity index (χ2n) is 18.9. The van der Waals surface area contributed by atoms with Crippen LogP contribution < -0.4 is 0 Å². The van der Waals surface area contributed by atoms with Gasteiger partial charge in [-0.15, -0.1) is 0 Å². The molecule has 0 aliphatic carbocycles. The minimum Gasteiger partial charge on any atom is -0.393 e. The normalized spacial score (nSPS) is 20.7. The van der Waals surface area contributed by atoms with Gasteiger partial charge in [-0.1, -0.05) is 82.1 Å². The molecule has 0 aromatic carbocycles. The number of hydrogen-bond acceptors (Lipinski definition) is 5. The first-order valence-corrected chi connectivity index (χ1v) is 22.2. The first-order chi connectivity index (χ1) is 23.9. The van der Waals surface area contributed by atoms with Crippen molar-refractivity contribution in [1.29, 1.82) is 0 Å². The average molecular weight is 727 g/mol. The number of aliphatic hydroxyl groups is 2. The van der Waals surface area contributed by atoms with E-state index < -0.39 is 0 Å². The predicted molar refractivity (Wildman–Crippen MR) is 221 cm³/mol. The van der Waals surface area contributed by atoms with Crippen LogP contribution in [0.2, 0.25) is 0 Å². The van der Waals surface area contributed by atoms with Gasteiger partial charge in [0.2, 0.25) is 0 Å². The van der Waals surface area contributed by atoms with E-state index in [2.05, 4.69) is 83.1 Å². The van der Waals surface area contributed by atoms with Crippen LogP contribution in [0.3, 0.4) is 0 Å². The summed E-state index contributed by atoms with van der Waals surface area (Å²) in [5.41, 5.74) is 0. The topological polar surface area (TPSA) is 68.2 Å². The second kappa shape index (κ2) is 30.1. The summed E-state index contributed by atoms with van der Waals surface area (Å²) in [5, 5.41) is 19.4. The van der Waals surface area contributed by atoms with Gasteiger partial charge in [-0.05, 0) is 177 Å². The molecule has 51 heavy (non-hydrogen) atoms. The van der Waals surface area contributed by atoms with Crippen molar-refractivity contribution in [3.05, 3.63) is 0 Å². The summed E-state index contributed by atoms with van der Waals surface area (Å²) in [5.74, 6) is 7.06. The van der Waals surface area contributed by atoms with Crippen molar-refractivity contribution < 1.29 is 24.4 Å². The molecule has 0 bridgehead atoms. The Kier molecular flexibility index (Phi) is 30.0. The minimum atomic E-state index is -0.190. The predicted octanol–water partition coefficient (Wildman–Crippen LogP) is 13.1. The molecule has 0 rings (SSSR count). The van der Waals surface area contributed by atoms with Crippen LogP contribution in [0.15, 0.2) is 0 Å². The van der Waals surface area contributed by atoms with Crippen molar-refractivity contribution in [1.82, 2.24) is 0 Å². The standard InChI is InChI=1S/C46H94O5/c1-15-49-45(21-17-19-33(3)23-35(5)25-37(7)27-39(9)29-41(11)31-43(13)47)51-46(50-16-2)22-18-20-34(4)24-36(6)26-38(8)28-40(10)30-42(12)32-44(14)48/h33-48H,15-32H2,1-14H3. The molecule has 5 heteroatoms. The third kappa shape index (κ3) is 29.8. The molecule has 0 saturated carbocycles. The molecule has 0 spiro atoms. The first-order valence-electron chi connectivity index (χ1n) is 22.2. The second-order valence-corrected chi connectivity index (χ2v) is 18.9. The molecule has 0 heterocycles. The lowest BCUT2D eigenvalue weighted by molar-refractivity contribution is -0.247. The highest BCUT2D eigenvalue weighted by atomic mass is 16.8.